The molecule has 1 aromatic carbocycles. The molecule has 0 aliphatic carbocycles. The maximum atomic E-state index is 11.5. The molecule has 1 heterocycles. The second-order valence-corrected chi connectivity index (χ2v) is 5.12. The Morgan fingerprint density at radius 2 is 2.10 bits per heavy atom. The number of rotatable bonds is 6. The number of nitrogens with two attached hydrogens (primary N) is 1. The molecule has 0 saturated carbocycles. The van der Waals surface area contributed by atoms with Crippen LogP contribution in [0.25, 0.3) is 11.4 Å². The third-order valence-electron chi connectivity index (χ3n) is 2.60. The van der Waals surface area contributed by atoms with E-state index < -0.39 is 0 Å². The Hall–Kier alpha value is -2.02. The number of thioether (sulfide) groups is 1. The number of hydrogen-bond donors (Lipinski definition) is 2. The molecular weight excluding hydrogens is 274 g/mol. The molecule has 0 unspecified atom stereocenters. The van der Waals surface area contributed by atoms with Crippen LogP contribution in [0.5, 0.6) is 0 Å². The highest BCUT2D eigenvalue weighted by Crippen LogP contribution is 2.20. The largest absolute Gasteiger partial charge is 0.355 e. The minimum atomic E-state index is -0.0267. The maximum absolute atomic E-state index is 11.5. The van der Waals surface area contributed by atoms with Crippen molar-refractivity contribution < 1.29 is 4.79 Å². The maximum Gasteiger partial charge on any atom is 0.230 e. The lowest BCUT2D eigenvalue weighted by molar-refractivity contribution is -0.118. The summed E-state index contributed by atoms with van der Waals surface area (Å²) >= 11 is 1.27. The van der Waals surface area contributed by atoms with E-state index in [9.17, 15) is 4.79 Å². The Bertz CT molecular complexity index is 569. The van der Waals surface area contributed by atoms with E-state index in [1.54, 1.807) is 0 Å². The zero-order valence-corrected chi connectivity index (χ0v) is 12.1. The summed E-state index contributed by atoms with van der Waals surface area (Å²) in [5.41, 5.74) is 0.893. The highest BCUT2D eigenvalue weighted by Gasteiger charge is 2.13. The van der Waals surface area contributed by atoms with Gasteiger partial charge < -0.3 is 11.2 Å². The summed E-state index contributed by atoms with van der Waals surface area (Å²) in [5.74, 6) is 6.80. The Labute approximate surface area is 121 Å². The first kappa shape index (κ1) is 14.4. The Morgan fingerprint density at radius 1 is 1.35 bits per heavy atom. The fourth-order valence-electron chi connectivity index (χ4n) is 1.61. The fourth-order valence-corrected chi connectivity index (χ4v) is 2.29. The number of amides is 1. The molecule has 2 aromatic rings. The molecule has 1 aromatic heterocycles. The lowest BCUT2D eigenvalue weighted by Crippen LogP contribution is -2.26. The number of carbonyl (C=O) groups excluding carboxylic acids is 1. The van der Waals surface area contributed by atoms with Crippen LogP contribution >= 0.6 is 11.8 Å². The van der Waals surface area contributed by atoms with Crippen LogP contribution in [0.2, 0.25) is 0 Å². The quantitative estimate of drug-likeness (QED) is 0.618. The summed E-state index contributed by atoms with van der Waals surface area (Å²) in [6.45, 7) is 2.69. The molecule has 106 valence electrons. The Kier molecular flexibility index (Phi) is 5.00. The lowest BCUT2D eigenvalue weighted by Gasteiger charge is -2.04. The van der Waals surface area contributed by atoms with Crippen LogP contribution in [0.3, 0.4) is 0 Å². The third-order valence-corrected chi connectivity index (χ3v) is 3.54. The standard InChI is InChI=1S/C13H17N5OS/c1-2-8-15-11(19)9-20-13-17-16-12(18(13)14)10-6-4-3-5-7-10/h3-7H,2,8-9,14H2,1H3,(H,15,19). The lowest BCUT2D eigenvalue weighted by atomic mass is 10.2. The predicted molar refractivity (Wildman–Crippen MR) is 79.6 cm³/mol. The number of aromatic nitrogens is 3. The first-order valence-electron chi connectivity index (χ1n) is 6.37. The molecule has 6 nitrogen and oxygen atoms in total. The second-order valence-electron chi connectivity index (χ2n) is 4.18. The van der Waals surface area contributed by atoms with E-state index in [2.05, 4.69) is 15.5 Å². The van der Waals surface area contributed by atoms with Crippen LogP contribution in [0.15, 0.2) is 35.5 Å². The smallest absolute Gasteiger partial charge is 0.230 e. The van der Waals surface area contributed by atoms with Crippen LogP contribution in [0.1, 0.15) is 13.3 Å². The molecule has 20 heavy (non-hydrogen) atoms. The van der Waals surface area contributed by atoms with E-state index in [4.69, 9.17) is 5.84 Å². The van der Waals surface area contributed by atoms with Crippen molar-refractivity contribution in [1.82, 2.24) is 20.2 Å². The molecule has 0 radical (unpaired) electrons. The first-order valence-corrected chi connectivity index (χ1v) is 7.36. The van der Waals surface area contributed by atoms with Gasteiger partial charge in [-0.2, -0.15) is 0 Å². The van der Waals surface area contributed by atoms with E-state index >= 15 is 0 Å². The van der Waals surface area contributed by atoms with E-state index in [0.29, 0.717) is 17.5 Å². The van der Waals surface area contributed by atoms with Crippen LogP contribution in [-0.2, 0) is 4.79 Å². The van der Waals surface area contributed by atoms with Crippen molar-refractivity contribution in [1.29, 1.82) is 0 Å². The summed E-state index contributed by atoms with van der Waals surface area (Å²) in [4.78, 5) is 11.5. The monoisotopic (exact) mass is 291 g/mol. The number of nitrogens with zero attached hydrogens (tertiary/aromatic N) is 3. The van der Waals surface area contributed by atoms with Gasteiger partial charge >= 0.3 is 0 Å². The molecule has 7 heteroatoms. The summed E-state index contributed by atoms with van der Waals surface area (Å²) in [5, 5.41) is 11.4. The van der Waals surface area contributed by atoms with Crippen molar-refractivity contribution >= 4 is 17.7 Å². The molecule has 0 aliphatic heterocycles. The van der Waals surface area contributed by atoms with Gasteiger partial charge in [0.2, 0.25) is 11.1 Å². The van der Waals surface area contributed by atoms with Crippen molar-refractivity contribution in [2.45, 2.75) is 18.5 Å². The molecule has 2 rings (SSSR count). The molecular formula is C13H17N5OS. The normalized spacial score (nSPS) is 10.4. The number of benzene rings is 1. The van der Waals surface area contributed by atoms with Gasteiger partial charge in [-0.05, 0) is 6.42 Å². The molecule has 0 atom stereocenters. The van der Waals surface area contributed by atoms with Gasteiger partial charge in [0.1, 0.15) is 0 Å². The molecule has 0 bridgehead atoms. The second kappa shape index (κ2) is 6.95. The van der Waals surface area contributed by atoms with Crippen molar-refractivity contribution in [2.75, 3.05) is 18.1 Å². The molecule has 1 amide bonds. The topological polar surface area (TPSA) is 85.8 Å². The Morgan fingerprint density at radius 3 is 2.80 bits per heavy atom. The zero-order chi connectivity index (χ0) is 14.4. The van der Waals surface area contributed by atoms with Gasteiger partial charge in [0.15, 0.2) is 5.82 Å². The van der Waals surface area contributed by atoms with E-state index in [1.807, 2.05) is 37.3 Å². The van der Waals surface area contributed by atoms with Crippen molar-refractivity contribution in [3.63, 3.8) is 0 Å². The van der Waals surface area contributed by atoms with Gasteiger partial charge in [-0.3, -0.25) is 4.79 Å². The molecule has 0 saturated heterocycles. The zero-order valence-electron chi connectivity index (χ0n) is 11.2. The minimum Gasteiger partial charge on any atom is -0.355 e. The molecule has 0 spiro atoms. The van der Waals surface area contributed by atoms with Crippen LogP contribution < -0.4 is 11.2 Å². The highest BCUT2D eigenvalue weighted by atomic mass is 32.2. The average Bonchev–Trinajstić information content (AvgIpc) is 2.85. The minimum absolute atomic E-state index is 0.0267. The van der Waals surface area contributed by atoms with Gasteiger partial charge in [0.05, 0.1) is 5.75 Å². The molecule has 0 aliphatic rings. The number of carbonyl (C=O) groups is 1. The van der Waals surface area contributed by atoms with Gasteiger partial charge in [-0.15, -0.1) is 10.2 Å². The fraction of sp³-hybridized carbons (Fsp3) is 0.308. The summed E-state index contributed by atoms with van der Waals surface area (Å²) in [6, 6.07) is 9.57. The SMILES string of the molecule is CCCNC(=O)CSc1nnc(-c2ccccc2)n1N. The van der Waals surface area contributed by atoms with Crippen molar-refractivity contribution in [3.05, 3.63) is 30.3 Å². The van der Waals surface area contributed by atoms with Gasteiger partial charge in [0.25, 0.3) is 0 Å². The number of hydrogen-bond acceptors (Lipinski definition) is 5. The van der Waals surface area contributed by atoms with Crippen molar-refractivity contribution in [2.24, 2.45) is 0 Å². The van der Waals surface area contributed by atoms with Crippen LogP contribution in [0.4, 0.5) is 0 Å². The van der Waals surface area contributed by atoms with E-state index in [0.717, 1.165) is 12.0 Å². The third kappa shape index (κ3) is 3.51. The summed E-state index contributed by atoms with van der Waals surface area (Å²) in [6.07, 6.45) is 0.918. The Balaban J connectivity index is 2.01. The predicted octanol–water partition coefficient (Wildman–Crippen LogP) is 1.28. The van der Waals surface area contributed by atoms with Crippen molar-refractivity contribution in [3.8, 4) is 11.4 Å². The summed E-state index contributed by atoms with van der Waals surface area (Å²) < 4.78 is 1.41. The van der Waals surface area contributed by atoms with Gasteiger partial charge in [0, 0.05) is 12.1 Å². The van der Waals surface area contributed by atoms with E-state index in [1.165, 1.54) is 16.4 Å². The van der Waals surface area contributed by atoms with Gasteiger partial charge in [-0.25, -0.2) is 4.68 Å². The van der Waals surface area contributed by atoms with Gasteiger partial charge in [-0.1, -0.05) is 49.0 Å². The highest BCUT2D eigenvalue weighted by molar-refractivity contribution is 7.99. The van der Waals surface area contributed by atoms with Crippen LogP contribution in [-0.4, -0.2) is 33.1 Å². The summed E-state index contributed by atoms with van der Waals surface area (Å²) in [7, 11) is 0. The molecule has 0 fully saturated rings. The van der Waals surface area contributed by atoms with Crippen LogP contribution in [0, 0.1) is 0 Å². The molecule has 3 N–H and O–H groups in total. The first-order chi connectivity index (χ1) is 9.72. The number of nitrogen functional groups attached to an aromatic ring is 1. The average molecular weight is 291 g/mol. The van der Waals surface area contributed by atoms with E-state index in [-0.39, 0.29) is 11.7 Å². The number of nitrogens with one attached hydrogen (secondary N) is 1.